The van der Waals surface area contributed by atoms with Crippen LogP contribution in [0.5, 0.6) is 0 Å². The van der Waals surface area contributed by atoms with Crippen LogP contribution < -0.4 is 5.32 Å². The Morgan fingerprint density at radius 1 is 1.00 bits per heavy atom. The molecule has 0 heterocycles. The highest BCUT2D eigenvalue weighted by atomic mass is 19.1. The number of anilines is 1. The van der Waals surface area contributed by atoms with E-state index in [1.54, 1.807) is 12.1 Å². The van der Waals surface area contributed by atoms with Crippen LogP contribution in [0.4, 0.5) is 10.1 Å². The van der Waals surface area contributed by atoms with Crippen LogP contribution in [0.1, 0.15) is 41.0 Å². The van der Waals surface area contributed by atoms with E-state index in [2.05, 4.69) is 39.9 Å². The van der Waals surface area contributed by atoms with Gasteiger partial charge in [-0.15, -0.1) is 0 Å². The van der Waals surface area contributed by atoms with Crippen molar-refractivity contribution in [1.82, 2.24) is 0 Å². The zero-order chi connectivity index (χ0) is 12.4. The lowest BCUT2D eigenvalue weighted by Crippen LogP contribution is -2.35. The molecule has 0 radical (unpaired) electrons. The van der Waals surface area contributed by atoms with Gasteiger partial charge in [-0.3, -0.25) is 0 Å². The average molecular weight is 223 g/mol. The van der Waals surface area contributed by atoms with Crippen LogP contribution in [0.25, 0.3) is 0 Å². The molecule has 0 saturated heterocycles. The standard InChI is InChI=1S/C14H22FN/c1-13(2,3)10-14(4,5)16-12-8-6-11(15)7-9-12/h6-9,16H,10H2,1-5H3. The Morgan fingerprint density at radius 2 is 1.50 bits per heavy atom. The van der Waals surface area contributed by atoms with Gasteiger partial charge in [0.25, 0.3) is 0 Å². The predicted molar refractivity (Wildman–Crippen MR) is 68.2 cm³/mol. The average Bonchev–Trinajstić information content (AvgIpc) is 2.04. The van der Waals surface area contributed by atoms with Crippen LogP contribution >= 0.6 is 0 Å². The molecule has 90 valence electrons. The number of hydrogen-bond donors (Lipinski definition) is 1. The summed E-state index contributed by atoms with van der Waals surface area (Å²) >= 11 is 0. The lowest BCUT2D eigenvalue weighted by atomic mass is 9.81. The van der Waals surface area contributed by atoms with E-state index in [9.17, 15) is 4.39 Å². The molecule has 1 N–H and O–H groups in total. The molecular formula is C14H22FN. The molecular weight excluding hydrogens is 201 g/mol. The summed E-state index contributed by atoms with van der Waals surface area (Å²) in [6.07, 6.45) is 1.05. The van der Waals surface area contributed by atoms with E-state index in [0.717, 1.165) is 12.1 Å². The van der Waals surface area contributed by atoms with Crippen molar-refractivity contribution in [3.8, 4) is 0 Å². The molecule has 0 atom stereocenters. The molecule has 0 saturated carbocycles. The van der Waals surface area contributed by atoms with Crippen molar-refractivity contribution < 1.29 is 4.39 Å². The molecule has 0 amide bonds. The van der Waals surface area contributed by atoms with Gasteiger partial charge in [-0.05, 0) is 49.9 Å². The summed E-state index contributed by atoms with van der Waals surface area (Å²) in [5.74, 6) is -0.195. The van der Waals surface area contributed by atoms with Crippen LogP contribution in [0.2, 0.25) is 0 Å². The fourth-order valence-electron chi connectivity index (χ4n) is 2.29. The van der Waals surface area contributed by atoms with Gasteiger partial charge in [0.05, 0.1) is 0 Å². The second kappa shape index (κ2) is 4.44. The third-order valence-corrected chi connectivity index (χ3v) is 2.30. The second-order valence-corrected chi connectivity index (χ2v) is 6.25. The van der Waals surface area contributed by atoms with Gasteiger partial charge < -0.3 is 5.32 Å². The zero-order valence-electron chi connectivity index (χ0n) is 10.9. The predicted octanol–water partition coefficient (Wildman–Crippen LogP) is 4.45. The molecule has 0 aliphatic rings. The van der Waals surface area contributed by atoms with Crippen LogP contribution in [-0.4, -0.2) is 5.54 Å². The lowest BCUT2D eigenvalue weighted by Gasteiger charge is -2.34. The van der Waals surface area contributed by atoms with E-state index in [-0.39, 0.29) is 16.8 Å². The van der Waals surface area contributed by atoms with E-state index in [1.165, 1.54) is 12.1 Å². The minimum absolute atomic E-state index is 0.01000. The largest absolute Gasteiger partial charge is 0.380 e. The summed E-state index contributed by atoms with van der Waals surface area (Å²) < 4.78 is 12.8. The molecule has 0 aliphatic heterocycles. The quantitative estimate of drug-likeness (QED) is 0.798. The third-order valence-electron chi connectivity index (χ3n) is 2.30. The van der Waals surface area contributed by atoms with Gasteiger partial charge in [-0.25, -0.2) is 4.39 Å². The topological polar surface area (TPSA) is 12.0 Å². The highest BCUT2D eigenvalue weighted by molar-refractivity contribution is 5.45. The Hall–Kier alpha value is -1.05. The fraction of sp³-hybridized carbons (Fsp3) is 0.571. The molecule has 16 heavy (non-hydrogen) atoms. The van der Waals surface area contributed by atoms with Gasteiger partial charge in [0.1, 0.15) is 5.82 Å². The van der Waals surface area contributed by atoms with Gasteiger partial charge >= 0.3 is 0 Å². The first kappa shape index (κ1) is 13.0. The lowest BCUT2D eigenvalue weighted by molar-refractivity contribution is 0.302. The second-order valence-electron chi connectivity index (χ2n) is 6.25. The smallest absolute Gasteiger partial charge is 0.123 e. The summed E-state index contributed by atoms with van der Waals surface area (Å²) in [5.41, 5.74) is 1.25. The van der Waals surface area contributed by atoms with Crippen molar-refractivity contribution in [2.45, 2.75) is 46.6 Å². The van der Waals surface area contributed by atoms with Gasteiger partial charge in [0.15, 0.2) is 0 Å². The molecule has 1 aromatic carbocycles. The van der Waals surface area contributed by atoms with E-state index in [0.29, 0.717) is 0 Å². The number of benzene rings is 1. The van der Waals surface area contributed by atoms with Crippen molar-refractivity contribution in [2.75, 3.05) is 5.32 Å². The van der Waals surface area contributed by atoms with E-state index < -0.39 is 0 Å². The van der Waals surface area contributed by atoms with E-state index in [4.69, 9.17) is 0 Å². The highest BCUT2D eigenvalue weighted by Gasteiger charge is 2.24. The summed E-state index contributed by atoms with van der Waals surface area (Å²) in [5, 5.41) is 3.44. The minimum Gasteiger partial charge on any atom is -0.380 e. The van der Waals surface area contributed by atoms with Crippen molar-refractivity contribution in [3.63, 3.8) is 0 Å². The molecule has 2 heteroatoms. The number of hydrogen-bond acceptors (Lipinski definition) is 1. The first-order chi connectivity index (χ1) is 7.18. The molecule has 0 spiro atoms. The third kappa shape index (κ3) is 4.65. The van der Waals surface area contributed by atoms with Crippen LogP contribution in [0.3, 0.4) is 0 Å². The van der Waals surface area contributed by atoms with Crippen molar-refractivity contribution >= 4 is 5.69 Å². The maximum absolute atomic E-state index is 12.8. The molecule has 1 rings (SSSR count). The summed E-state index contributed by atoms with van der Waals surface area (Å²) in [4.78, 5) is 0. The monoisotopic (exact) mass is 223 g/mol. The molecule has 0 aliphatic carbocycles. The number of rotatable bonds is 3. The maximum Gasteiger partial charge on any atom is 0.123 e. The van der Waals surface area contributed by atoms with Gasteiger partial charge in [0, 0.05) is 11.2 Å². The SMILES string of the molecule is CC(C)(C)CC(C)(C)Nc1ccc(F)cc1. The summed E-state index contributed by atoms with van der Waals surface area (Å²) in [6, 6.07) is 6.52. The maximum atomic E-state index is 12.8. The van der Waals surface area contributed by atoms with E-state index in [1.807, 2.05) is 0 Å². The Bertz CT molecular complexity index is 333. The molecule has 1 aromatic rings. The Kier molecular flexibility index (Phi) is 3.61. The Morgan fingerprint density at radius 3 is 1.94 bits per heavy atom. The normalized spacial score (nSPS) is 12.6. The fourth-order valence-corrected chi connectivity index (χ4v) is 2.29. The van der Waals surface area contributed by atoms with Gasteiger partial charge in [-0.1, -0.05) is 20.8 Å². The molecule has 0 unspecified atom stereocenters. The first-order valence-electron chi connectivity index (χ1n) is 5.72. The highest BCUT2D eigenvalue weighted by Crippen LogP contribution is 2.29. The Balaban J connectivity index is 2.69. The van der Waals surface area contributed by atoms with E-state index >= 15 is 0 Å². The molecule has 0 bridgehead atoms. The van der Waals surface area contributed by atoms with Crippen molar-refractivity contribution in [2.24, 2.45) is 5.41 Å². The molecule has 0 fully saturated rings. The first-order valence-corrected chi connectivity index (χ1v) is 5.72. The van der Waals surface area contributed by atoms with Crippen molar-refractivity contribution in [1.29, 1.82) is 0 Å². The summed E-state index contributed by atoms with van der Waals surface area (Å²) in [6.45, 7) is 11.0. The zero-order valence-corrected chi connectivity index (χ0v) is 10.9. The van der Waals surface area contributed by atoms with Crippen molar-refractivity contribution in [3.05, 3.63) is 30.1 Å². The number of halogens is 1. The van der Waals surface area contributed by atoms with Crippen LogP contribution in [0, 0.1) is 11.2 Å². The van der Waals surface area contributed by atoms with Crippen LogP contribution in [-0.2, 0) is 0 Å². The minimum atomic E-state index is -0.195. The number of nitrogens with one attached hydrogen (secondary N) is 1. The van der Waals surface area contributed by atoms with Crippen LogP contribution in [0.15, 0.2) is 24.3 Å². The molecule has 1 nitrogen and oxygen atoms in total. The molecule has 0 aromatic heterocycles. The Labute approximate surface area is 98.1 Å². The van der Waals surface area contributed by atoms with Gasteiger partial charge in [-0.2, -0.15) is 0 Å². The van der Waals surface area contributed by atoms with Gasteiger partial charge in [0.2, 0.25) is 0 Å². The summed E-state index contributed by atoms with van der Waals surface area (Å²) in [7, 11) is 0.